The summed E-state index contributed by atoms with van der Waals surface area (Å²) in [6, 6.07) is 4.74. The molecule has 1 aromatic heterocycles. The molecule has 0 spiro atoms. The van der Waals surface area contributed by atoms with E-state index in [1.54, 1.807) is 6.07 Å². The van der Waals surface area contributed by atoms with Gasteiger partial charge in [-0.05, 0) is 43.5 Å². The molecule has 114 valence electrons. The van der Waals surface area contributed by atoms with Gasteiger partial charge in [-0.2, -0.15) is 0 Å². The second-order valence-corrected chi connectivity index (χ2v) is 5.34. The van der Waals surface area contributed by atoms with Gasteiger partial charge in [0.25, 0.3) is 0 Å². The number of H-pyrrole nitrogens is 1. The van der Waals surface area contributed by atoms with E-state index in [0.29, 0.717) is 13.0 Å². The number of nitrogens with one attached hydrogen (secondary N) is 3. The Hall–Kier alpha value is -2.04. The van der Waals surface area contributed by atoms with E-state index in [1.807, 2.05) is 13.1 Å². The number of aromatic nitrogens is 1. The summed E-state index contributed by atoms with van der Waals surface area (Å²) in [6.45, 7) is 4.64. The van der Waals surface area contributed by atoms with Crippen LogP contribution < -0.4 is 10.6 Å². The molecule has 2 amide bonds. The smallest absolute Gasteiger partial charge is 0.315 e. The summed E-state index contributed by atoms with van der Waals surface area (Å²) in [5.41, 5.74) is 1.86. The fraction of sp³-hybridized carbons (Fsp3) is 0.438. The average Bonchev–Trinajstić information content (AvgIpc) is 2.81. The fourth-order valence-corrected chi connectivity index (χ4v) is 2.46. The van der Waals surface area contributed by atoms with Crippen molar-refractivity contribution in [2.45, 2.75) is 39.2 Å². The molecule has 0 saturated heterocycles. The lowest BCUT2D eigenvalue weighted by molar-refractivity contribution is 0.237. The Morgan fingerprint density at radius 2 is 2.24 bits per heavy atom. The van der Waals surface area contributed by atoms with Crippen molar-refractivity contribution in [3.8, 4) is 0 Å². The van der Waals surface area contributed by atoms with E-state index in [1.165, 1.54) is 12.1 Å². The van der Waals surface area contributed by atoms with Crippen LogP contribution in [0.1, 0.15) is 32.3 Å². The van der Waals surface area contributed by atoms with E-state index in [4.69, 9.17) is 0 Å². The molecule has 21 heavy (non-hydrogen) atoms. The van der Waals surface area contributed by atoms with Crippen molar-refractivity contribution in [1.29, 1.82) is 0 Å². The monoisotopic (exact) mass is 291 g/mol. The number of benzene rings is 1. The van der Waals surface area contributed by atoms with Crippen molar-refractivity contribution >= 4 is 16.9 Å². The summed E-state index contributed by atoms with van der Waals surface area (Å²) in [7, 11) is 0. The lowest BCUT2D eigenvalue weighted by Crippen LogP contribution is -2.41. The summed E-state index contributed by atoms with van der Waals surface area (Å²) >= 11 is 0. The van der Waals surface area contributed by atoms with Crippen LogP contribution >= 0.6 is 0 Å². The van der Waals surface area contributed by atoms with E-state index in [-0.39, 0.29) is 17.9 Å². The van der Waals surface area contributed by atoms with Gasteiger partial charge in [0.1, 0.15) is 5.82 Å². The van der Waals surface area contributed by atoms with E-state index in [9.17, 15) is 9.18 Å². The molecule has 0 saturated carbocycles. The minimum absolute atomic E-state index is 0.137. The first-order chi connectivity index (χ1) is 10.1. The third-order valence-electron chi connectivity index (χ3n) is 3.51. The lowest BCUT2D eigenvalue weighted by Gasteiger charge is -2.13. The van der Waals surface area contributed by atoms with Crippen molar-refractivity contribution in [2.75, 3.05) is 6.54 Å². The Labute approximate surface area is 124 Å². The molecule has 0 aliphatic heterocycles. The van der Waals surface area contributed by atoms with Gasteiger partial charge in [-0.25, -0.2) is 9.18 Å². The summed E-state index contributed by atoms with van der Waals surface area (Å²) in [4.78, 5) is 14.7. The van der Waals surface area contributed by atoms with Crippen molar-refractivity contribution in [1.82, 2.24) is 15.6 Å². The summed E-state index contributed by atoms with van der Waals surface area (Å²) in [6.07, 6.45) is 4.60. The second-order valence-electron chi connectivity index (χ2n) is 5.34. The van der Waals surface area contributed by atoms with Crippen LogP contribution in [0.2, 0.25) is 0 Å². The van der Waals surface area contributed by atoms with Gasteiger partial charge in [-0.15, -0.1) is 0 Å². The summed E-state index contributed by atoms with van der Waals surface area (Å²) < 4.78 is 13.1. The van der Waals surface area contributed by atoms with Crippen LogP contribution in [-0.2, 0) is 6.42 Å². The minimum atomic E-state index is -0.252. The summed E-state index contributed by atoms with van der Waals surface area (Å²) in [5.74, 6) is -0.252. The first-order valence-electron chi connectivity index (χ1n) is 7.40. The number of aromatic amines is 1. The number of rotatable bonds is 6. The number of hydrogen-bond acceptors (Lipinski definition) is 1. The third kappa shape index (κ3) is 4.21. The van der Waals surface area contributed by atoms with Gasteiger partial charge < -0.3 is 15.6 Å². The fourth-order valence-electron chi connectivity index (χ4n) is 2.46. The molecule has 4 nitrogen and oxygen atoms in total. The first kappa shape index (κ1) is 15.4. The van der Waals surface area contributed by atoms with Crippen LogP contribution in [0.4, 0.5) is 9.18 Å². The second kappa shape index (κ2) is 7.11. The first-order valence-corrected chi connectivity index (χ1v) is 7.40. The predicted molar refractivity (Wildman–Crippen MR) is 82.9 cm³/mol. The van der Waals surface area contributed by atoms with E-state index >= 15 is 0 Å². The number of urea groups is 1. The Morgan fingerprint density at radius 3 is 3.00 bits per heavy atom. The standard InChI is InChI=1S/C16H22FN3O/c1-3-4-11(2)20-16(21)18-8-7-12-10-19-15-9-13(17)5-6-14(12)15/h5-6,9-11,19H,3-4,7-8H2,1-2H3,(H2,18,20,21)/t11-/m1/s1. The van der Waals surface area contributed by atoms with Gasteiger partial charge in [-0.1, -0.05) is 13.3 Å². The highest BCUT2D eigenvalue weighted by Gasteiger charge is 2.07. The van der Waals surface area contributed by atoms with Crippen LogP contribution in [0.5, 0.6) is 0 Å². The van der Waals surface area contributed by atoms with Crippen LogP contribution in [0, 0.1) is 5.82 Å². The van der Waals surface area contributed by atoms with Crippen LogP contribution in [0.3, 0.4) is 0 Å². The van der Waals surface area contributed by atoms with Gasteiger partial charge in [0.05, 0.1) is 0 Å². The van der Waals surface area contributed by atoms with E-state index in [0.717, 1.165) is 29.3 Å². The number of fused-ring (bicyclic) bond motifs is 1. The summed E-state index contributed by atoms with van der Waals surface area (Å²) in [5, 5.41) is 6.74. The molecule has 2 aromatic rings. The average molecular weight is 291 g/mol. The Balaban J connectivity index is 1.84. The van der Waals surface area contributed by atoms with Crippen molar-refractivity contribution in [3.05, 3.63) is 35.8 Å². The number of hydrogen-bond donors (Lipinski definition) is 3. The van der Waals surface area contributed by atoms with Gasteiger partial charge >= 0.3 is 6.03 Å². The normalized spacial score (nSPS) is 12.3. The van der Waals surface area contributed by atoms with Crippen LogP contribution in [-0.4, -0.2) is 23.6 Å². The zero-order valence-corrected chi connectivity index (χ0v) is 12.5. The van der Waals surface area contributed by atoms with E-state index < -0.39 is 0 Å². The number of carbonyl (C=O) groups excluding carboxylic acids is 1. The molecular formula is C16H22FN3O. The molecule has 2 rings (SSSR count). The molecule has 1 aromatic carbocycles. The maximum atomic E-state index is 13.1. The quantitative estimate of drug-likeness (QED) is 0.751. The highest BCUT2D eigenvalue weighted by molar-refractivity contribution is 5.83. The molecule has 5 heteroatoms. The Kier molecular flexibility index (Phi) is 5.20. The zero-order valence-electron chi connectivity index (χ0n) is 12.5. The van der Waals surface area contributed by atoms with E-state index in [2.05, 4.69) is 22.5 Å². The zero-order chi connectivity index (χ0) is 15.2. The largest absolute Gasteiger partial charge is 0.361 e. The number of amides is 2. The van der Waals surface area contributed by atoms with Crippen molar-refractivity contribution in [2.24, 2.45) is 0 Å². The van der Waals surface area contributed by atoms with Crippen molar-refractivity contribution in [3.63, 3.8) is 0 Å². The van der Waals surface area contributed by atoms with Crippen LogP contribution in [0.25, 0.3) is 10.9 Å². The van der Waals surface area contributed by atoms with Gasteiger partial charge in [0.2, 0.25) is 0 Å². The Morgan fingerprint density at radius 1 is 1.43 bits per heavy atom. The molecule has 0 aliphatic carbocycles. The maximum Gasteiger partial charge on any atom is 0.315 e. The molecule has 0 bridgehead atoms. The number of carbonyl (C=O) groups is 1. The molecule has 1 atom stereocenters. The number of halogens is 1. The molecule has 0 aliphatic rings. The highest BCUT2D eigenvalue weighted by Crippen LogP contribution is 2.19. The molecular weight excluding hydrogens is 269 g/mol. The highest BCUT2D eigenvalue weighted by atomic mass is 19.1. The van der Waals surface area contributed by atoms with Crippen molar-refractivity contribution < 1.29 is 9.18 Å². The molecule has 3 N–H and O–H groups in total. The van der Waals surface area contributed by atoms with Gasteiger partial charge in [0, 0.05) is 29.7 Å². The third-order valence-corrected chi connectivity index (χ3v) is 3.51. The predicted octanol–water partition coefficient (Wildman–Crippen LogP) is 3.34. The topological polar surface area (TPSA) is 56.9 Å². The van der Waals surface area contributed by atoms with Gasteiger partial charge in [0.15, 0.2) is 0 Å². The Bertz CT molecular complexity index is 609. The molecule has 0 fully saturated rings. The molecule has 1 heterocycles. The molecule has 0 unspecified atom stereocenters. The van der Waals surface area contributed by atoms with Gasteiger partial charge in [-0.3, -0.25) is 0 Å². The molecule has 0 radical (unpaired) electrons. The SMILES string of the molecule is CCC[C@@H](C)NC(=O)NCCc1c[nH]c2cc(F)ccc12. The lowest BCUT2D eigenvalue weighted by atomic mass is 10.1. The maximum absolute atomic E-state index is 13.1. The minimum Gasteiger partial charge on any atom is -0.361 e. The van der Waals surface area contributed by atoms with Crippen LogP contribution in [0.15, 0.2) is 24.4 Å².